The van der Waals surface area contributed by atoms with E-state index in [9.17, 15) is 18.8 Å². The first-order chi connectivity index (χ1) is 14.8. The largest absolute Gasteiger partial charge is 0.366 e. The van der Waals surface area contributed by atoms with Crippen LogP contribution in [0, 0.1) is 5.82 Å². The van der Waals surface area contributed by atoms with Gasteiger partial charge in [-0.15, -0.1) is 0 Å². The summed E-state index contributed by atoms with van der Waals surface area (Å²) in [4.78, 5) is 44.6. The molecule has 1 fully saturated rings. The first kappa shape index (κ1) is 21.2. The van der Waals surface area contributed by atoms with Crippen LogP contribution in [0.5, 0.6) is 0 Å². The third kappa shape index (κ3) is 4.36. The minimum absolute atomic E-state index is 0.101. The number of nitrogens with zero attached hydrogens (tertiary/aromatic N) is 4. The average Bonchev–Trinajstić information content (AvgIpc) is 2.76. The second-order valence-electron chi connectivity index (χ2n) is 7.43. The monoisotopic (exact) mass is 486 g/mol. The van der Waals surface area contributed by atoms with Crippen molar-refractivity contribution in [3.05, 3.63) is 68.9 Å². The number of fused-ring (bicyclic) bond motifs is 1. The fourth-order valence-electron chi connectivity index (χ4n) is 3.67. The van der Waals surface area contributed by atoms with Crippen LogP contribution in [0.3, 0.4) is 0 Å². The maximum absolute atomic E-state index is 14.4. The summed E-state index contributed by atoms with van der Waals surface area (Å²) in [5, 5.41) is 0.443. The molecular weight excluding hydrogens is 467 g/mol. The summed E-state index contributed by atoms with van der Waals surface area (Å²) in [6.45, 7) is 3.03. The summed E-state index contributed by atoms with van der Waals surface area (Å²) in [5.74, 6) is -0.829. The lowest BCUT2D eigenvalue weighted by molar-refractivity contribution is -0.132. The van der Waals surface area contributed by atoms with Gasteiger partial charge in [0.25, 0.3) is 5.56 Å². The molecule has 2 aromatic carbocycles. The number of amides is 1. The Hall–Kier alpha value is -3.07. The number of piperazine rings is 1. The molecule has 1 aromatic heterocycles. The molecule has 0 unspecified atom stereocenters. The Morgan fingerprint density at radius 1 is 1.10 bits per heavy atom. The molecule has 0 atom stereocenters. The molecule has 3 aromatic rings. The first-order valence-corrected chi connectivity index (χ1v) is 10.6. The van der Waals surface area contributed by atoms with E-state index in [-0.39, 0.29) is 23.8 Å². The molecule has 9 heteroatoms. The fourth-order valence-corrected chi connectivity index (χ4v) is 4.03. The van der Waals surface area contributed by atoms with Crippen molar-refractivity contribution in [1.82, 2.24) is 14.5 Å². The van der Waals surface area contributed by atoms with Crippen molar-refractivity contribution in [2.45, 2.75) is 13.5 Å². The first-order valence-electron chi connectivity index (χ1n) is 9.81. The van der Waals surface area contributed by atoms with Crippen molar-refractivity contribution in [2.24, 2.45) is 0 Å². The number of benzene rings is 2. The Labute approximate surface area is 186 Å². The number of anilines is 1. The van der Waals surface area contributed by atoms with Crippen LogP contribution >= 0.6 is 15.9 Å². The molecule has 160 valence electrons. The number of rotatable bonds is 4. The van der Waals surface area contributed by atoms with E-state index in [0.29, 0.717) is 48.3 Å². The van der Waals surface area contributed by atoms with Crippen molar-refractivity contribution >= 4 is 44.2 Å². The van der Waals surface area contributed by atoms with Crippen LogP contribution in [0.1, 0.15) is 17.3 Å². The Morgan fingerprint density at radius 2 is 1.84 bits per heavy atom. The van der Waals surface area contributed by atoms with E-state index < -0.39 is 5.82 Å². The van der Waals surface area contributed by atoms with E-state index in [4.69, 9.17) is 0 Å². The van der Waals surface area contributed by atoms with E-state index in [1.54, 1.807) is 35.2 Å². The van der Waals surface area contributed by atoms with Crippen LogP contribution in [0.4, 0.5) is 10.1 Å². The summed E-state index contributed by atoms with van der Waals surface area (Å²) >= 11 is 3.35. The fraction of sp³-hybridized carbons (Fsp3) is 0.273. The third-order valence-electron chi connectivity index (χ3n) is 5.42. The molecule has 0 bridgehead atoms. The third-order valence-corrected chi connectivity index (χ3v) is 5.91. The maximum Gasteiger partial charge on any atom is 0.261 e. The zero-order valence-corrected chi connectivity index (χ0v) is 18.4. The number of ketones is 1. The van der Waals surface area contributed by atoms with Gasteiger partial charge in [0.2, 0.25) is 5.91 Å². The van der Waals surface area contributed by atoms with Crippen molar-refractivity contribution in [2.75, 3.05) is 31.1 Å². The van der Waals surface area contributed by atoms with Gasteiger partial charge in [-0.25, -0.2) is 9.37 Å². The standard InChI is InChI=1S/C22H20BrFN4O3/c1-14(29)15-2-5-20(18(24)10-15)26-6-8-27(9-7-26)21(30)12-28-13-25-19-4-3-16(23)11-17(19)22(28)31/h2-5,10-11,13H,6-9,12H2,1H3. The van der Waals surface area contributed by atoms with E-state index >= 15 is 0 Å². The Balaban J connectivity index is 1.43. The lowest BCUT2D eigenvalue weighted by Gasteiger charge is -2.36. The highest BCUT2D eigenvalue weighted by Gasteiger charge is 2.23. The van der Waals surface area contributed by atoms with Crippen LogP contribution in [0.2, 0.25) is 0 Å². The lowest BCUT2D eigenvalue weighted by Crippen LogP contribution is -2.50. The number of aromatic nitrogens is 2. The van der Waals surface area contributed by atoms with Crippen molar-refractivity contribution < 1.29 is 14.0 Å². The van der Waals surface area contributed by atoms with Gasteiger partial charge in [-0.2, -0.15) is 0 Å². The van der Waals surface area contributed by atoms with Crippen LogP contribution < -0.4 is 10.5 Å². The highest BCUT2D eigenvalue weighted by Crippen LogP contribution is 2.22. The van der Waals surface area contributed by atoms with Gasteiger partial charge in [-0.3, -0.25) is 19.0 Å². The number of carbonyl (C=O) groups excluding carboxylic acids is 2. The van der Waals surface area contributed by atoms with E-state index in [1.165, 1.54) is 23.9 Å². The van der Waals surface area contributed by atoms with E-state index in [1.807, 2.05) is 4.90 Å². The number of carbonyl (C=O) groups is 2. The summed E-state index contributed by atoms with van der Waals surface area (Å²) in [5.41, 5.74) is 1.04. The summed E-state index contributed by atoms with van der Waals surface area (Å²) < 4.78 is 16.5. The van der Waals surface area contributed by atoms with Gasteiger partial charge in [-0.05, 0) is 43.3 Å². The lowest BCUT2D eigenvalue weighted by atomic mass is 10.1. The van der Waals surface area contributed by atoms with E-state index in [2.05, 4.69) is 20.9 Å². The highest BCUT2D eigenvalue weighted by atomic mass is 79.9. The van der Waals surface area contributed by atoms with E-state index in [0.717, 1.165) is 4.47 Å². The second kappa shape index (κ2) is 8.58. The molecule has 0 saturated carbocycles. The van der Waals surface area contributed by atoms with Crippen LogP contribution in [0.15, 0.2) is 52.0 Å². The predicted molar refractivity (Wildman–Crippen MR) is 119 cm³/mol. The molecule has 4 rings (SSSR count). The Kier molecular flexibility index (Phi) is 5.86. The molecule has 2 heterocycles. The minimum Gasteiger partial charge on any atom is -0.366 e. The number of hydrogen-bond acceptors (Lipinski definition) is 5. The zero-order chi connectivity index (χ0) is 22.1. The molecule has 0 N–H and O–H groups in total. The van der Waals surface area contributed by atoms with Gasteiger partial charge < -0.3 is 9.80 Å². The summed E-state index contributed by atoms with van der Waals surface area (Å²) in [7, 11) is 0. The van der Waals surface area contributed by atoms with Crippen molar-refractivity contribution in [3.63, 3.8) is 0 Å². The topological polar surface area (TPSA) is 75.5 Å². The zero-order valence-electron chi connectivity index (χ0n) is 16.8. The molecule has 1 aliphatic rings. The number of halogens is 2. The van der Waals surface area contributed by atoms with Crippen molar-refractivity contribution in [1.29, 1.82) is 0 Å². The van der Waals surface area contributed by atoms with Gasteiger partial charge in [0.15, 0.2) is 5.78 Å². The maximum atomic E-state index is 14.4. The molecule has 1 amide bonds. The summed E-state index contributed by atoms with van der Waals surface area (Å²) in [6, 6.07) is 9.69. The molecule has 0 radical (unpaired) electrons. The number of Topliss-reactive ketones (excluding diaryl/α,β-unsaturated/α-hetero) is 1. The van der Waals surface area contributed by atoms with Gasteiger partial charge >= 0.3 is 0 Å². The normalized spacial score (nSPS) is 14.2. The minimum atomic E-state index is -0.451. The Morgan fingerprint density at radius 3 is 2.52 bits per heavy atom. The molecule has 1 aliphatic heterocycles. The van der Waals surface area contributed by atoms with Gasteiger partial charge in [0.1, 0.15) is 12.4 Å². The molecule has 7 nitrogen and oxygen atoms in total. The molecular formula is C22H20BrFN4O3. The SMILES string of the molecule is CC(=O)c1ccc(N2CCN(C(=O)Cn3cnc4ccc(Br)cc4c3=O)CC2)c(F)c1. The Bertz CT molecular complexity index is 1240. The van der Waals surface area contributed by atoms with Crippen LogP contribution in [-0.4, -0.2) is 52.3 Å². The average molecular weight is 487 g/mol. The van der Waals surface area contributed by atoms with Gasteiger partial charge in [0, 0.05) is 36.2 Å². The van der Waals surface area contributed by atoms with Crippen molar-refractivity contribution in [3.8, 4) is 0 Å². The smallest absolute Gasteiger partial charge is 0.261 e. The summed E-state index contributed by atoms with van der Waals surface area (Å²) in [6.07, 6.45) is 1.39. The molecule has 0 spiro atoms. The van der Waals surface area contributed by atoms with Gasteiger partial charge in [0.05, 0.1) is 22.9 Å². The molecule has 1 saturated heterocycles. The quantitative estimate of drug-likeness (QED) is 0.530. The highest BCUT2D eigenvalue weighted by molar-refractivity contribution is 9.10. The second-order valence-corrected chi connectivity index (χ2v) is 8.34. The predicted octanol–water partition coefficient (Wildman–Crippen LogP) is 2.85. The van der Waals surface area contributed by atoms with Crippen LogP contribution in [-0.2, 0) is 11.3 Å². The molecule has 31 heavy (non-hydrogen) atoms. The number of hydrogen-bond donors (Lipinski definition) is 0. The molecule has 0 aliphatic carbocycles. The van der Waals surface area contributed by atoms with Gasteiger partial charge in [-0.1, -0.05) is 15.9 Å². The van der Waals surface area contributed by atoms with Crippen LogP contribution in [0.25, 0.3) is 10.9 Å².